The smallest absolute Gasteiger partial charge is 0.270 e. The van der Waals surface area contributed by atoms with E-state index in [1.807, 2.05) is 37.4 Å². The Morgan fingerprint density at radius 3 is 2.51 bits per heavy atom. The molecule has 3 atom stereocenters. The van der Waals surface area contributed by atoms with Gasteiger partial charge in [0.25, 0.3) is 11.8 Å². The highest BCUT2D eigenvalue weighted by Gasteiger charge is 2.78. The first-order valence-electron chi connectivity index (χ1n) is 20.3. The molecule has 300 valence electrons. The van der Waals surface area contributed by atoms with E-state index in [0.717, 1.165) is 97.6 Å². The van der Waals surface area contributed by atoms with Crippen molar-refractivity contribution in [3.05, 3.63) is 59.5 Å². The number of hydrogen-bond acceptors (Lipinski definition) is 8. The van der Waals surface area contributed by atoms with Gasteiger partial charge in [0.15, 0.2) is 0 Å². The minimum atomic E-state index is -2.64. The van der Waals surface area contributed by atoms with Crippen molar-refractivity contribution < 1.29 is 28.0 Å². The van der Waals surface area contributed by atoms with Crippen LogP contribution in [-0.4, -0.2) is 100 Å². The molecule has 9 rings (SSSR count). The molecule has 2 aliphatic carbocycles. The molecule has 4 amide bonds. The van der Waals surface area contributed by atoms with Crippen LogP contribution in [0.3, 0.4) is 0 Å². The molecule has 4 aromatic rings. The van der Waals surface area contributed by atoms with Crippen molar-refractivity contribution in [1.29, 1.82) is 0 Å². The van der Waals surface area contributed by atoms with E-state index in [-0.39, 0.29) is 30.3 Å². The number of nitrogens with one attached hydrogen (secondary N) is 4. The minimum absolute atomic E-state index is 0.0965. The van der Waals surface area contributed by atoms with Gasteiger partial charge in [-0.25, -0.2) is 13.8 Å². The summed E-state index contributed by atoms with van der Waals surface area (Å²) in [6.45, 7) is 6.52. The number of halogens is 2. The van der Waals surface area contributed by atoms with Crippen LogP contribution in [0.2, 0.25) is 0 Å². The van der Waals surface area contributed by atoms with Crippen molar-refractivity contribution in [2.24, 2.45) is 23.2 Å². The minimum Gasteiger partial charge on any atom is -0.370 e. The van der Waals surface area contributed by atoms with E-state index in [1.165, 1.54) is 0 Å². The summed E-state index contributed by atoms with van der Waals surface area (Å²) in [4.78, 5) is 63.9. The van der Waals surface area contributed by atoms with Crippen LogP contribution < -0.4 is 20.4 Å². The number of alkyl halides is 2. The number of carbonyl (C=O) groups excluding carboxylic acids is 4. The highest BCUT2D eigenvalue weighted by atomic mass is 19.3. The van der Waals surface area contributed by atoms with Gasteiger partial charge in [0.2, 0.25) is 17.7 Å². The van der Waals surface area contributed by atoms with Crippen molar-refractivity contribution in [2.45, 2.75) is 76.7 Å². The van der Waals surface area contributed by atoms with Crippen LogP contribution in [0.25, 0.3) is 22.3 Å². The van der Waals surface area contributed by atoms with Gasteiger partial charge in [0, 0.05) is 85.1 Å². The molecule has 0 bridgehead atoms. The molecule has 0 radical (unpaired) electrons. The molecule has 1 aromatic carbocycles. The molecule has 4 fully saturated rings. The Labute approximate surface area is 329 Å². The number of piperidine rings is 3. The van der Waals surface area contributed by atoms with Gasteiger partial charge in [-0.3, -0.25) is 29.6 Å². The van der Waals surface area contributed by atoms with Gasteiger partial charge in [-0.15, -0.1) is 0 Å². The fourth-order valence-corrected chi connectivity index (χ4v) is 9.69. The summed E-state index contributed by atoms with van der Waals surface area (Å²) >= 11 is 0. The summed E-state index contributed by atoms with van der Waals surface area (Å²) < 4.78 is 29.0. The van der Waals surface area contributed by atoms with Crippen LogP contribution in [0.15, 0.2) is 42.6 Å². The lowest BCUT2D eigenvalue weighted by Crippen LogP contribution is -2.52. The van der Waals surface area contributed by atoms with Crippen molar-refractivity contribution in [3.63, 3.8) is 0 Å². The van der Waals surface area contributed by atoms with Crippen molar-refractivity contribution in [3.8, 4) is 11.4 Å². The van der Waals surface area contributed by atoms with E-state index < -0.39 is 35.1 Å². The normalized spacial score (nSPS) is 25.2. The lowest BCUT2D eigenvalue weighted by molar-refractivity contribution is -0.134. The first-order chi connectivity index (χ1) is 27.4. The second-order valence-electron chi connectivity index (χ2n) is 17.2. The summed E-state index contributed by atoms with van der Waals surface area (Å²) in [6, 6.07) is 10.8. The Hall–Kier alpha value is -5.18. The van der Waals surface area contributed by atoms with E-state index in [2.05, 4.69) is 40.6 Å². The number of fused-ring (bicyclic) bond motifs is 3. The Bertz CT molecular complexity index is 2220. The molecule has 4 N–H and O–H groups in total. The number of H-pyrrole nitrogens is 2. The Morgan fingerprint density at radius 2 is 1.77 bits per heavy atom. The molecule has 15 heteroatoms. The number of carbonyl (C=O) groups is 4. The van der Waals surface area contributed by atoms with Crippen LogP contribution >= 0.6 is 0 Å². The van der Waals surface area contributed by atoms with Gasteiger partial charge in [0.1, 0.15) is 17.4 Å². The van der Waals surface area contributed by atoms with Crippen LogP contribution in [0, 0.1) is 23.2 Å². The Balaban J connectivity index is 0.719. The quantitative estimate of drug-likeness (QED) is 0.176. The number of rotatable bonds is 9. The maximum Gasteiger partial charge on any atom is 0.270 e. The Morgan fingerprint density at radius 1 is 1.00 bits per heavy atom. The monoisotopic (exact) mass is 781 g/mol. The van der Waals surface area contributed by atoms with Crippen molar-refractivity contribution >= 4 is 45.9 Å². The van der Waals surface area contributed by atoms with Gasteiger partial charge < -0.3 is 25.0 Å². The van der Waals surface area contributed by atoms with E-state index >= 15 is 0 Å². The van der Waals surface area contributed by atoms with Gasteiger partial charge in [0.05, 0.1) is 17.6 Å². The largest absolute Gasteiger partial charge is 0.370 e. The second kappa shape index (κ2) is 14.3. The Kier molecular flexibility index (Phi) is 9.40. The number of imide groups is 1. The van der Waals surface area contributed by atoms with Crippen LogP contribution in [0.5, 0.6) is 0 Å². The first-order valence-corrected chi connectivity index (χ1v) is 20.3. The average Bonchev–Trinajstić information content (AvgIpc) is 3.59. The summed E-state index contributed by atoms with van der Waals surface area (Å²) in [5.41, 5.74) is 5.08. The summed E-state index contributed by atoms with van der Waals surface area (Å²) in [7, 11) is 1.83. The maximum atomic E-state index is 14.5. The zero-order valence-corrected chi connectivity index (χ0v) is 32.4. The number of pyridine rings is 1. The fourth-order valence-electron chi connectivity index (χ4n) is 9.69. The zero-order chi connectivity index (χ0) is 39.6. The molecule has 3 aromatic heterocycles. The highest BCUT2D eigenvalue weighted by Crippen LogP contribution is 2.70. The van der Waals surface area contributed by atoms with Gasteiger partial charge in [-0.1, -0.05) is 13.0 Å². The average molecular weight is 782 g/mol. The lowest BCUT2D eigenvalue weighted by Gasteiger charge is -2.38. The number of aromatic amines is 2. The number of benzene rings is 1. The fraction of sp³-hybridized carbons (Fsp3) is 0.524. The van der Waals surface area contributed by atoms with E-state index in [9.17, 15) is 28.0 Å². The van der Waals surface area contributed by atoms with Gasteiger partial charge >= 0.3 is 0 Å². The van der Waals surface area contributed by atoms with Crippen LogP contribution in [0.1, 0.15) is 73.6 Å². The molecular formula is C42H49F2N9O4. The standard InChI is InChI=1S/C42H49F2N9O4/c1-41-21-34-29(20-35(41)42(41,43)44)38(50-49-34)33-18-26-3-4-27(19-32(26)46-33)51(2)37(55)17-24-9-13-52(14-10-24)23-25-11-15-53(16-12-25)28-5-6-30(45-22-28)39(56)47-31-7-8-36(54)48-40(31)57/h3-6,18-19,22,24-25,31,35,46H,7-17,20-21,23H2,1-2H3,(H,47,56)(H,49,50)(H,48,54,57)/t31?,35-,41+/m0/s1. The first kappa shape index (κ1) is 37.4. The third-order valence-corrected chi connectivity index (χ3v) is 13.6. The maximum absolute atomic E-state index is 14.5. The number of anilines is 2. The van der Waals surface area contributed by atoms with E-state index in [4.69, 9.17) is 0 Å². The highest BCUT2D eigenvalue weighted by molar-refractivity contribution is 6.03. The van der Waals surface area contributed by atoms with Crippen LogP contribution in [-0.2, 0) is 27.2 Å². The van der Waals surface area contributed by atoms with Crippen LogP contribution in [0.4, 0.5) is 20.2 Å². The second-order valence-corrected chi connectivity index (χ2v) is 17.2. The molecule has 1 unspecified atom stereocenters. The molecule has 13 nitrogen and oxygen atoms in total. The predicted octanol–water partition coefficient (Wildman–Crippen LogP) is 4.84. The molecule has 5 aliphatic rings. The summed E-state index contributed by atoms with van der Waals surface area (Å²) in [6.07, 6.45) is 7.44. The lowest BCUT2D eigenvalue weighted by atomic mass is 9.87. The van der Waals surface area contributed by atoms with E-state index in [1.54, 1.807) is 24.1 Å². The van der Waals surface area contributed by atoms with Gasteiger partial charge in [-0.2, -0.15) is 5.10 Å². The SMILES string of the molecule is CN(C(=O)CC1CCN(CC2CCN(c3ccc(C(=O)NC4CCC(=O)NC4=O)nc3)CC2)CC1)c1ccc2cc(-c3n[nH]c4c3C[C@@H]3C(F)(F)[C@]3(C)C4)[nH]c2c1. The van der Waals surface area contributed by atoms with Crippen molar-refractivity contribution in [1.82, 2.24) is 35.7 Å². The molecule has 6 heterocycles. The number of aromatic nitrogens is 4. The topological polar surface area (TPSA) is 159 Å². The number of nitrogens with zero attached hydrogens (tertiary/aromatic N) is 5. The third-order valence-electron chi connectivity index (χ3n) is 13.6. The van der Waals surface area contributed by atoms with E-state index in [0.29, 0.717) is 36.8 Å². The molecule has 57 heavy (non-hydrogen) atoms. The predicted molar refractivity (Wildman–Crippen MR) is 210 cm³/mol. The van der Waals surface area contributed by atoms with Crippen molar-refractivity contribution in [2.75, 3.05) is 49.6 Å². The summed E-state index contributed by atoms with van der Waals surface area (Å²) in [5, 5.41) is 13.5. The van der Waals surface area contributed by atoms with Gasteiger partial charge in [-0.05, 0) is 93.8 Å². The number of hydrogen-bond donors (Lipinski definition) is 4. The molecule has 3 saturated heterocycles. The summed E-state index contributed by atoms with van der Waals surface area (Å²) in [5.74, 6) is -3.50. The molecule has 3 aliphatic heterocycles. The molecule has 1 saturated carbocycles. The molecule has 0 spiro atoms. The zero-order valence-electron chi connectivity index (χ0n) is 32.4. The number of likely N-dealkylation sites (tertiary alicyclic amines) is 1. The molecular weight excluding hydrogens is 733 g/mol. The number of amides is 4. The third kappa shape index (κ3) is 6.97.